The second-order valence-corrected chi connectivity index (χ2v) is 5.64. The Bertz CT molecular complexity index is 776. The van der Waals surface area contributed by atoms with Crippen LogP contribution in [0.5, 0.6) is 11.5 Å². The van der Waals surface area contributed by atoms with E-state index in [0.29, 0.717) is 11.7 Å². The number of nitrogens with one attached hydrogen (secondary N) is 1. The molecule has 2 aromatic carbocycles. The number of phenols is 1. The summed E-state index contributed by atoms with van der Waals surface area (Å²) in [5, 5.41) is 22.9. The first-order chi connectivity index (χ1) is 11.9. The fraction of sp³-hybridized carbons (Fsp3) is 0.278. The van der Waals surface area contributed by atoms with Gasteiger partial charge in [-0.15, -0.1) is 0 Å². The molecule has 2 aromatic rings. The molecule has 0 aliphatic rings. The zero-order valence-corrected chi connectivity index (χ0v) is 14.1. The maximum atomic E-state index is 12.1. The van der Waals surface area contributed by atoms with Gasteiger partial charge in [-0.05, 0) is 30.0 Å². The second-order valence-electron chi connectivity index (χ2n) is 5.64. The fourth-order valence-corrected chi connectivity index (χ4v) is 2.31. The van der Waals surface area contributed by atoms with Crippen LogP contribution in [0.4, 0.5) is 11.4 Å². The van der Waals surface area contributed by atoms with Gasteiger partial charge in [0.25, 0.3) is 11.6 Å². The first kappa shape index (κ1) is 18.3. The van der Waals surface area contributed by atoms with Gasteiger partial charge in [-0.2, -0.15) is 0 Å². The first-order valence-corrected chi connectivity index (χ1v) is 7.91. The SMILES string of the molecule is CC[C@@H](C)c1ccccc1OCC(=O)Nc1cc([N+](=O)[O-])ccc1O. The van der Waals surface area contributed by atoms with Crippen molar-refractivity contribution < 1.29 is 19.6 Å². The summed E-state index contributed by atoms with van der Waals surface area (Å²) in [5.41, 5.74) is 0.755. The molecule has 132 valence electrons. The Kier molecular flexibility index (Phi) is 5.94. The number of nitro groups is 1. The number of hydrogen-bond acceptors (Lipinski definition) is 5. The van der Waals surface area contributed by atoms with Crippen molar-refractivity contribution in [2.75, 3.05) is 11.9 Å². The van der Waals surface area contributed by atoms with E-state index in [-0.39, 0.29) is 23.7 Å². The van der Waals surface area contributed by atoms with Crippen molar-refractivity contribution in [3.8, 4) is 11.5 Å². The molecule has 1 amide bonds. The average Bonchev–Trinajstić information content (AvgIpc) is 2.61. The molecule has 0 unspecified atom stereocenters. The number of aromatic hydroxyl groups is 1. The van der Waals surface area contributed by atoms with Gasteiger partial charge in [-0.3, -0.25) is 14.9 Å². The Morgan fingerprint density at radius 2 is 2.04 bits per heavy atom. The molecule has 0 saturated carbocycles. The molecule has 0 spiro atoms. The Hall–Kier alpha value is -3.09. The van der Waals surface area contributed by atoms with Crippen LogP contribution >= 0.6 is 0 Å². The van der Waals surface area contributed by atoms with Gasteiger partial charge in [-0.25, -0.2) is 0 Å². The summed E-state index contributed by atoms with van der Waals surface area (Å²) in [5.74, 6) is 0.143. The normalized spacial score (nSPS) is 11.6. The van der Waals surface area contributed by atoms with Crippen molar-refractivity contribution in [1.82, 2.24) is 0 Å². The van der Waals surface area contributed by atoms with E-state index in [2.05, 4.69) is 19.2 Å². The Morgan fingerprint density at radius 1 is 1.32 bits per heavy atom. The summed E-state index contributed by atoms with van der Waals surface area (Å²) in [6.07, 6.45) is 0.939. The zero-order valence-electron chi connectivity index (χ0n) is 14.1. The molecule has 25 heavy (non-hydrogen) atoms. The van der Waals surface area contributed by atoms with Gasteiger partial charge in [0.05, 0.1) is 10.6 Å². The minimum Gasteiger partial charge on any atom is -0.506 e. The van der Waals surface area contributed by atoms with E-state index < -0.39 is 10.8 Å². The van der Waals surface area contributed by atoms with Crippen LogP contribution in [0.3, 0.4) is 0 Å². The highest BCUT2D eigenvalue weighted by Gasteiger charge is 2.14. The van der Waals surface area contributed by atoms with Crippen LogP contribution in [0.1, 0.15) is 31.7 Å². The van der Waals surface area contributed by atoms with E-state index >= 15 is 0 Å². The lowest BCUT2D eigenvalue weighted by atomic mass is 9.98. The van der Waals surface area contributed by atoms with Crippen molar-refractivity contribution in [2.24, 2.45) is 0 Å². The zero-order chi connectivity index (χ0) is 18.4. The predicted octanol–water partition coefficient (Wildman–Crippen LogP) is 3.83. The molecule has 0 fully saturated rings. The van der Waals surface area contributed by atoms with Crippen LogP contribution < -0.4 is 10.1 Å². The van der Waals surface area contributed by atoms with Crippen LogP contribution in [0.15, 0.2) is 42.5 Å². The minimum absolute atomic E-state index is 0.0296. The third-order valence-corrected chi connectivity index (χ3v) is 3.89. The number of amides is 1. The summed E-state index contributed by atoms with van der Waals surface area (Å²) >= 11 is 0. The van der Waals surface area contributed by atoms with Crippen LogP contribution in [0, 0.1) is 10.1 Å². The summed E-state index contributed by atoms with van der Waals surface area (Å²) in [7, 11) is 0. The molecule has 7 nitrogen and oxygen atoms in total. The summed E-state index contributed by atoms with van der Waals surface area (Å²) in [6.45, 7) is 3.87. The summed E-state index contributed by atoms with van der Waals surface area (Å²) < 4.78 is 5.58. The smallest absolute Gasteiger partial charge is 0.271 e. The number of para-hydroxylation sites is 1. The predicted molar refractivity (Wildman–Crippen MR) is 94.0 cm³/mol. The van der Waals surface area contributed by atoms with Crippen molar-refractivity contribution >= 4 is 17.3 Å². The maximum absolute atomic E-state index is 12.1. The maximum Gasteiger partial charge on any atom is 0.271 e. The van der Waals surface area contributed by atoms with Crippen molar-refractivity contribution in [3.63, 3.8) is 0 Å². The highest BCUT2D eigenvalue weighted by molar-refractivity contribution is 5.93. The van der Waals surface area contributed by atoms with Gasteiger partial charge < -0.3 is 15.2 Å². The molecule has 0 aliphatic heterocycles. The van der Waals surface area contributed by atoms with Crippen molar-refractivity contribution in [1.29, 1.82) is 0 Å². The van der Waals surface area contributed by atoms with E-state index in [4.69, 9.17) is 4.74 Å². The molecular weight excluding hydrogens is 324 g/mol. The second kappa shape index (κ2) is 8.14. The molecule has 0 heterocycles. The van der Waals surface area contributed by atoms with Gasteiger partial charge >= 0.3 is 0 Å². The minimum atomic E-state index is -0.603. The number of carbonyl (C=O) groups excluding carboxylic acids is 1. The first-order valence-electron chi connectivity index (χ1n) is 7.91. The number of benzene rings is 2. The molecule has 2 rings (SSSR count). The lowest BCUT2D eigenvalue weighted by molar-refractivity contribution is -0.384. The van der Waals surface area contributed by atoms with Crippen molar-refractivity contribution in [2.45, 2.75) is 26.2 Å². The molecule has 0 saturated heterocycles. The molecule has 7 heteroatoms. The van der Waals surface area contributed by atoms with Gasteiger partial charge in [0, 0.05) is 12.1 Å². The fourth-order valence-electron chi connectivity index (χ4n) is 2.31. The van der Waals surface area contributed by atoms with E-state index in [9.17, 15) is 20.0 Å². The van der Waals surface area contributed by atoms with Gasteiger partial charge in [-0.1, -0.05) is 32.0 Å². The largest absolute Gasteiger partial charge is 0.506 e. The van der Waals surface area contributed by atoms with Crippen molar-refractivity contribution in [3.05, 3.63) is 58.1 Å². The number of carbonyl (C=O) groups is 1. The molecule has 0 radical (unpaired) electrons. The third-order valence-electron chi connectivity index (χ3n) is 3.89. The number of hydrogen-bond donors (Lipinski definition) is 2. The molecule has 2 N–H and O–H groups in total. The quantitative estimate of drug-likeness (QED) is 0.451. The molecular formula is C18H20N2O5. The van der Waals surface area contributed by atoms with E-state index in [0.717, 1.165) is 30.2 Å². The van der Waals surface area contributed by atoms with E-state index in [1.54, 1.807) is 6.07 Å². The molecule has 0 aliphatic carbocycles. The van der Waals surface area contributed by atoms with Crippen LogP contribution in [0.2, 0.25) is 0 Å². The highest BCUT2D eigenvalue weighted by atomic mass is 16.6. The van der Waals surface area contributed by atoms with Gasteiger partial charge in [0.2, 0.25) is 0 Å². The monoisotopic (exact) mass is 344 g/mol. The third kappa shape index (κ3) is 4.69. The van der Waals surface area contributed by atoms with Crippen LogP contribution in [-0.4, -0.2) is 22.5 Å². The molecule has 0 bridgehead atoms. The Morgan fingerprint density at radius 3 is 2.72 bits per heavy atom. The molecule has 0 aromatic heterocycles. The van der Waals surface area contributed by atoms with Gasteiger partial charge in [0.15, 0.2) is 6.61 Å². The lowest BCUT2D eigenvalue weighted by Crippen LogP contribution is -2.20. The molecule has 1 atom stereocenters. The lowest BCUT2D eigenvalue weighted by Gasteiger charge is -2.15. The highest BCUT2D eigenvalue weighted by Crippen LogP contribution is 2.29. The summed E-state index contributed by atoms with van der Waals surface area (Å²) in [4.78, 5) is 22.2. The topological polar surface area (TPSA) is 102 Å². The Labute approximate surface area is 145 Å². The summed E-state index contributed by atoms with van der Waals surface area (Å²) in [6, 6.07) is 10.9. The standard InChI is InChI=1S/C18H20N2O5/c1-3-12(2)14-6-4-5-7-17(14)25-11-18(22)19-15-10-13(20(23)24)8-9-16(15)21/h4-10,12,21H,3,11H2,1-2H3,(H,19,22)/t12-/m1/s1. The number of nitro benzene ring substituents is 1. The number of non-ortho nitro benzene ring substituents is 1. The van der Waals surface area contributed by atoms with Gasteiger partial charge in [0.1, 0.15) is 11.5 Å². The Balaban J connectivity index is 2.05. The van der Waals surface area contributed by atoms with Crippen LogP contribution in [-0.2, 0) is 4.79 Å². The average molecular weight is 344 g/mol. The number of nitrogens with zero attached hydrogens (tertiary/aromatic N) is 1. The number of rotatable bonds is 7. The number of anilines is 1. The van der Waals surface area contributed by atoms with E-state index in [1.807, 2.05) is 18.2 Å². The van der Waals surface area contributed by atoms with Crippen LogP contribution in [0.25, 0.3) is 0 Å². The number of ether oxygens (including phenoxy) is 1. The number of phenolic OH excluding ortho intramolecular Hbond substituents is 1. The van der Waals surface area contributed by atoms with E-state index in [1.165, 1.54) is 0 Å².